The van der Waals surface area contributed by atoms with Crippen LogP contribution in [-0.4, -0.2) is 41.3 Å². The number of aromatic nitrogens is 2. The smallest absolute Gasteiger partial charge is 0.268 e. The largest absolute Gasteiger partial charge is 0.394 e. The van der Waals surface area contributed by atoms with Crippen LogP contribution in [0.2, 0.25) is 0 Å². The molecular formula is C10H17N3O3. The van der Waals surface area contributed by atoms with Crippen molar-refractivity contribution in [3.63, 3.8) is 0 Å². The van der Waals surface area contributed by atoms with E-state index in [1.807, 2.05) is 6.92 Å². The molecule has 1 aromatic rings. The topological polar surface area (TPSA) is 76.4 Å². The van der Waals surface area contributed by atoms with Gasteiger partial charge in [0.05, 0.1) is 38.2 Å². The molecule has 2 N–H and O–H groups in total. The first kappa shape index (κ1) is 12.7. The van der Waals surface area contributed by atoms with E-state index in [0.29, 0.717) is 13.2 Å². The molecule has 0 aromatic carbocycles. The molecule has 90 valence electrons. The molecular weight excluding hydrogens is 210 g/mol. The number of aliphatic hydroxyl groups excluding tert-OH is 1. The van der Waals surface area contributed by atoms with Gasteiger partial charge in [0.1, 0.15) is 0 Å². The zero-order chi connectivity index (χ0) is 11.8. The van der Waals surface area contributed by atoms with Gasteiger partial charge >= 0.3 is 0 Å². The quantitative estimate of drug-likeness (QED) is 0.625. The molecule has 0 saturated carbocycles. The number of rotatable bonds is 7. The standard InChI is InChI=1S/C10H17N3O3/c1-2-11-9-7-10(15)13(12-8-9)3-5-16-6-4-14/h7-8,11,14H,2-6H2,1H3. The molecule has 6 heteroatoms. The van der Waals surface area contributed by atoms with E-state index in [1.54, 1.807) is 6.20 Å². The third-order valence-electron chi connectivity index (χ3n) is 1.93. The molecule has 0 atom stereocenters. The lowest BCUT2D eigenvalue weighted by Crippen LogP contribution is -2.25. The van der Waals surface area contributed by atoms with Crippen LogP contribution in [0.3, 0.4) is 0 Å². The van der Waals surface area contributed by atoms with Crippen LogP contribution < -0.4 is 10.9 Å². The van der Waals surface area contributed by atoms with Gasteiger partial charge in [-0.2, -0.15) is 5.10 Å². The Bertz CT molecular complexity index is 365. The van der Waals surface area contributed by atoms with Crippen LogP contribution in [0, 0.1) is 0 Å². The van der Waals surface area contributed by atoms with Crippen molar-refractivity contribution in [2.24, 2.45) is 0 Å². The molecule has 0 aliphatic carbocycles. The van der Waals surface area contributed by atoms with Crippen molar-refractivity contribution in [3.8, 4) is 0 Å². The SMILES string of the molecule is CCNc1cnn(CCOCCO)c(=O)c1. The summed E-state index contributed by atoms with van der Waals surface area (Å²) >= 11 is 0. The number of hydrogen-bond acceptors (Lipinski definition) is 5. The predicted octanol–water partition coefficient (Wildman–Crippen LogP) is -0.316. The second-order valence-electron chi connectivity index (χ2n) is 3.17. The lowest BCUT2D eigenvalue weighted by Gasteiger charge is -2.06. The lowest BCUT2D eigenvalue weighted by molar-refractivity contribution is 0.0847. The summed E-state index contributed by atoms with van der Waals surface area (Å²) in [5.74, 6) is 0. The summed E-state index contributed by atoms with van der Waals surface area (Å²) in [6, 6.07) is 1.50. The van der Waals surface area contributed by atoms with Gasteiger partial charge in [-0.25, -0.2) is 4.68 Å². The Morgan fingerprint density at radius 1 is 1.56 bits per heavy atom. The van der Waals surface area contributed by atoms with Gasteiger partial charge in [-0.1, -0.05) is 0 Å². The van der Waals surface area contributed by atoms with Crippen molar-refractivity contribution in [2.75, 3.05) is 31.7 Å². The highest BCUT2D eigenvalue weighted by molar-refractivity contribution is 5.38. The minimum atomic E-state index is -0.161. The average Bonchev–Trinajstić information content (AvgIpc) is 2.27. The Hall–Kier alpha value is -1.40. The highest BCUT2D eigenvalue weighted by Crippen LogP contribution is 1.97. The third-order valence-corrected chi connectivity index (χ3v) is 1.93. The molecule has 0 aliphatic heterocycles. The maximum absolute atomic E-state index is 11.5. The second-order valence-corrected chi connectivity index (χ2v) is 3.17. The van der Waals surface area contributed by atoms with Gasteiger partial charge in [-0.3, -0.25) is 4.79 Å². The summed E-state index contributed by atoms with van der Waals surface area (Å²) < 4.78 is 6.39. The zero-order valence-electron chi connectivity index (χ0n) is 9.35. The molecule has 1 heterocycles. The van der Waals surface area contributed by atoms with E-state index < -0.39 is 0 Å². The lowest BCUT2D eigenvalue weighted by atomic mass is 10.4. The van der Waals surface area contributed by atoms with Crippen LogP contribution in [0.5, 0.6) is 0 Å². The summed E-state index contributed by atoms with van der Waals surface area (Å²) in [6.07, 6.45) is 1.61. The van der Waals surface area contributed by atoms with Gasteiger partial charge in [-0.15, -0.1) is 0 Å². The zero-order valence-corrected chi connectivity index (χ0v) is 9.35. The Balaban J connectivity index is 2.51. The van der Waals surface area contributed by atoms with Crippen molar-refractivity contribution in [1.29, 1.82) is 0 Å². The van der Waals surface area contributed by atoms with Gasteiger partial charge in [0, 0.05) is 12.6 Å². The first-order valence-electron chi connectivity index (χ1n) is 5.27. The molecule has 16 heavy (non-hydrogen) atoms. The Morgan fingerprint density at radius 2 is 2.38 bits per heavy atom. The first-order chi connectivity index (χ1) is 7.77. The third kappa shape index (κ3) is 4.00. The van der Waals surface area contributed by atoms with Gasteiger partial charge in [0.15, 0.2) is 0 Å². The van der Waals surface area contributed by atoms with Crippen LogP contribution in [0.15, 0.2) is 17.1 Å². The van der Waals surface area contributed by atoms with E-state index in [-0.39, 0.29) is 18.8 Å². The van der Waals surface area contributed by atoms with E-state index >= 15 is 0 Å². The Labute approximate surface area is 93.9 Å². The van der Waals surface area contributed by atoms with E-state index in [9.17, 15) is 4.79 Å². The molecule has 0 radical (unpaired) electrons. The average molecular weight is 227 g/mol. The molecule has 0 saturated heterocycles. The number of hydrogen-bond donors (Lipinski definition) is 2. The molecule has 6 nitrogen and oxygen atoms in total. The fourth-order valence-corrected chi connectivity index (χ4v) is 1.22. The monoisotopic (exact) mass is 227 g/mol. The Morgan fingerprint density at radius 3 is 3.00 bits per heavy atom. The minimum Gasteiger partial charge on any atom is -0.394 e. The second kappa shape index (κ2) is 6.97. The highest BCUT2D eigenvalue weighted by Gasteiger charge is 1.99. The Kier molecular flexibility index (Phi) is 5.52. The van der Waals surface area contributed by atoms with Crippen LogP contribution in [0.1, 0.15) is 6.92 Å². The van der Waals surface area contributed by atoms with Gasteiger partial charge in [0.25, 0.3) is 5.56 Å². The molecule has 0 amide bonds. The molecule has 0 aliphatic rings. The van der Waals surface area contributed by atoms with Crippen molar-refractivity contribution in [1.82, 2.24) is 9.78 Å². The van der Waals surface area contributed by atoms with Crippen molar-refractivity contribution in [2.45, 2.75) is 13.5 Å². The van der Waals surface area contributed by atoms with Gasteiger partial charge < -0.3 is 15.2 Å². The van der Waals surface area contributed by atoms with Crippen LogP contribution >= 0.6 is 0 Å². The maximum Gasteiger partial charge on any atom is 0.268 e. The van der Waals surface area contributed by atoms with Crippen molar-refractivity contribution < 1.29 is 9.84 Å². The fourth-order valence-electron chi connectivity index (χ4n) is 1.22. The fraction of sp³-hybridized carbons (Fsp3) is 0.600. The van der Waals surface area contributed by atoms with E-state index in [0.717, 1.165) is 12.2 Å². The summed E-state index contributed by atoms with van der Waals surface area (Å²) in [7, 11) is 0. The molecule has 0 spiro atoms. The first-order valence-corrected chi connectivity index (χ1v) is 5.27. The van der Waals surface area contributed by atoms with Crippen molar-refractivity contribution >= 4 is 5.69 Å². The summed E-state index contributed by atoms with van der Waals surface area (Å²) in [6.45, 7) is 3.74. The van der Waals surface area contributed by atoms with E-state index in [1.165, 1.54) is 10.7 Å². The maximum atomic E-state index is 11.5. The van der Waals surface area contributed by atoms with Crippen LogP contribution in [0.25, 0.3) is 0 Å². The van der Waals surface area contributed by atoms with E-state index in [4.69, 9.17) is 9.84 Å². The van der Waals surface area contributed by atoms with E-state index in [2.05, 4.69) is 10.4 Å². The summed E-state index contributed by atoms with van der Waals surface area (Å²) in [4.78, 5) is 11.5. The minimum absolute atomic E-state index is 0.0122. The highest BCUT2D eigenvalue weighted by atomic mass is 16.5. The van der Waals surface area contributed by atoms with Crippen molar-refractivity contribution in [3.05, 3.63) is 22.6 Å². The summed E-state index contributed by atoms with van der Waals surface area (Å²) in [5, 5.41) is 15.5. The number of ether oxygens (including phenoxy) is 1. The number of anilines is 1. The molecule has 1 rings (SSSR count). The number of nitrogens with one attached hydrogen (secondary N) is 1. The number of nitrogens with zero attached hydrogens (tertiary/aromatic N) is 2. The molecule has 0 unspecified atom stereocenters. The molecule has 1 aromatic heterocycles. The normalized spacial score (nSPS) is 10.4. The van der Waals surface area contributed by atoms with Crippen LogP contribution in [-0.2, 0) is 11.3 Å². The molecule has 0 fully saturated rings. The summed E-state index contributed by atoms with van der Waals surface area (Å²) in [5.41, 5.74) is 0.561. The molecule has 0 bridgehead atoms. The van der Waals surface area contributed by atoms with Gasteiger partial charge in [0.2, 0.25) is 0 Å². The van der Waals surface area contributed by atoms with Gasteiger partial charge in [-0.05, 0) is 6.92 Å². The number of aliphatic hydroxyl groups is 1. The predicted molar refractivity (Wildman–Crippen MR) is 60.6 cm³/mol. The van der Waals surface area contributed by atoms with Crippen LogP contribution in [0.4, 0.5) is 5.69 Å².